The normalized spacial score (nSPS) is 21.6. The van der Waals surface area contributed by atoms with Gasteiger partial charge >= 0.3 is 5.97 Å². The Bertz CT molecular complexity index is 538. The number of carbonyl (C=O) groups is 1. The number of rotatable bonds is 4. The van der Waals surface area contributed by atoms with E-state index < -0.39 is 11.5 Å². The number of hydrogen-bond donors (Lipinski definition) is 1. The minimum atomic E-state index is -0.542. The van der Waals surface area contributed by atoms with Crippen LogP contribution < -0.4 is 10.9 Å². The quantitative estimate of drug-likeness (QED) is 0.844. The van der Waals surface area contributed by atoms with E-state index in [1.165, 1.54) is 13.3 Å². The van der Waals surface area contributed by atoms with Crippen LogP contribution in [0.3, 0.4) is 0 Å². The van der Waals surface area contributed by atoms with Crippen molar-refractivity contribution in [2.24, 2.45) is 5.92 Å². The molecule has 19 heavy (non-hydrogen) atoms. The van der Waals surface area contributed by atoms with Gasteiger partial charge in [0.15, 0.2) is 0 Å². The van der Waals surface area contributed by atoms with Gasteiger partial charge in [0, 0.05) is 6.04 Å². The molecule has 2 rings (SSSR count). The fourth-order valence-electron chi connectivity index (χ4n) is 2.11. The van der Waals surface area contributed by atoms with Gasteiger partial charge in [-0.05, 0) is 18.8 Å². The zero-order valence-electron chi connectivity index (χ0n) is 10.9. The summed E-state index contributed by atoms with van der Waals surface area (Å²) in [4.78, 5) is 23.0. The Morgan fingerprint density at radius 3 is 2.89 bits per heavy atom. The summed E-state index contributed by atoms with van der Waals surface area (Å²) in [6.07, 6.45) is 3.58. The molecule has 7 heteroatoms. The van der Waals surface area contributed by atoms with Crippen molar-refractivity contribution in [3.8, 4) is 0 Å². The van der Waals surface area contributed by atoms with E-state index in [-0.39, 0.29) is 11.6 Å². The van der Waals surface area contributed by atoms with Crippen molar-refractivity contribution in [1.82, 2.24) is 9.78 Å². The summed E-state index contributed by atoms with van der Waals surface area (Å²) in [7, 11) is 1.25. The van der Waals surface area contributed by atoms with Crippen molar-refractivity contribution in [3.63, 3.8) is 0 Å². The summed E-state index contributed by atoms with van der Waals surface area (Å²) in [5.41, 5.74) is 0.0223. The SMILES string of the molecule is COC(=O)Cn1ncc(NC2CC(C)C2)c(Cl)c1=O. The third-order valence-corrected chi connectivity index (χ3v) is 3.59. The van der Waals surface area contributed by atoms with Gasteiger partial charge < -0.3 is 10.1 Å². The molecule has 104 valence electrons. The minimum Gasteiger partial charge on any atom is -0.468 e. The molecule has 0 aromatic carbocycles. The molecule has 0 unspecified atom stereocenters. The van der Waals surface area contributed by atoms with Crippen LogP contribution >= 0.6 is 11.6 Å². The highest BCUT2D eigenvalue weighted by Gasteiger charge is 2.26. The number of nitrogens with zero attached hydrogens (tertiary/aromatic N) is 2. The van der Waals surface area contributed by atoms with Crippen molar-refractivity contribution >= 4 is 23.3 Å². The first kappa shape index (κ1) is 13.9. The number of hydrogen-bond acceptors (Lipinski definition) is 5. The second kappa shape index (κ2) is 5.61. The predicted molar refractivity (Wildman–Crippen MR) is 71.3 cm³/mol. The summed E-state index contributed by atoms with van der Waals surface area (Å²) in [6.45, 7) is 1.93. The summed E-state index contributed by atoms with van der Waals surface area (Å²) in [5.74, 6) is 0.156. The van der Waals surface area contributed by atoms with Gasteiger partial charge in [-0.2, -0.15) is 5.10 Å². The van der Waals surface area contributed by atoms with Gasteiger partial charge in [0.05, 0.1) is 19.0 Å². The van der Waals surface area contributed by atoms with Gasteiger partial charge in [0.25, 0.3) is 5.56 Å². The van der Waals surface area contributed by atoms with Gasteiger partial charge in [-0.15, -0.1) is 0 Å². The Hall–Kier alpha value is -1.56. The Morgan fingerprint density at radius 2 is 2.32 bits per heavy atom. The summed E-state index contributed by atoms with van der Waals surface area (Å²) >= 11 is 6.00. The lowest BCUT2D eigenvalue weighted by Crippen LogP contribution is -2.35. The van der Waals surface area contributed by atoms with Crippen LogP contribution in [-0.4, -0.2) is 28.9 Å². The van der Waals surface area contributed by atoms with E-state index in [4.69, 9.17) is 11.6 Å². The Balaban J connectivity index is 2.13. The van der Waals surface area contributed by atoms with E-state index in [0.717, 1.165) is 17.5 Å². The third kappa shape index (κ3) is 3.07. The molecular formula is C12H16ClN3O3. The number of halogens is 1. The van der Waals surface area contributed by atoms with Crippen LogP contribution in [0.1, 0.15) is 19.8 Å². The lowest BCUT2D eigenvalue weighted by molar-refractivity contribution is -0.141. The van der Waals surface area contributed by atoms with Gasteiger partial charge in [-0.1, -0.05) is 18.5 Å². The minimum absolute atomic E-state index is 0.0541. The lowest BCUT2D eigenvalue weighted by atomic mass is 9.82. The molecule has 1 N–H and O–H groups in total. The number of methoxy groups -OCH3 is 1. The van der Waals surface area contributed by atoms with Crippen LogP contribution in [-0.2, 0) is 16.1 Å². The second-order valence-corrected chi connectivity index (χ2v) is 5.21. The molecule has 0 saturated heterocycles. The first-order chi connectivity index (χ1) is 9.01. The molecule has 1 aromatic heterocycles. The number of ether oxygens (including phenoxy) is 1. The standard InChI is InChI=1S/C12H16ClN3O3/c1-7-3-8(4-7)15-9-5-14-16(6-10(17)19-2)12(18)11(9)13/h5,7-8,15H,3-4,6H2,1-2H3. The van der Waals surface area contributed by atoms with Crippen LogP contribution in [0.25, 0.3) is 0 Å². The fraction of sp³-hybridized carbons (Fsp3) is 0.583. The molecule has 0 atom stereocenters. The first-order valence-electron chi connectivity index (χ1n) is 6.10. The molecule has 1 saturated carbocycles. The zero-order chi connectivity index (χ0) is 14.0. The predicted octanol–water partition coefficient (Wildman–Crippen LogP) is 1.28. The number of carbonyl (C=O) groups excluding carboxylic acids is 1. The average molecular weight is 286 g/mol. The molecular weight excluding hydrogens is 270 g/mol. The molecule has 0 amide bonds. The number of aromatic nitrogens is 2. The fourth-order valence-corrected chi connectivity index (χ4v) is 2.31. The van der Waals surface area contributed by atoms with Crippen molar-refractivity contribution in [3.05, 3.63) is 21.6 Å². The Kier molecular flexibility index (Phi) is 4.09. The molecule has 0 spiro atoms. The largest absolute Gasteiger partial charge is 0.468 e. The second-order valence-electron chi connectivity index (χ2n) is 4.83. The molecule has 1 fully saturated rings. The van der Waals surface area contributed by atoms with Crippen molar-refractivity contribution < 1.29 is 9.53 Å². The van der Waals surface area contributed by atoms with E-state index in [9.17, 15) is 9.59 Å². The van der Waals surface area contributed by atoms with Gasteiger partial charge in [0.2, 0.25) is 0 Å². The van der Waals surface area contributed by atoms with Crippen LogP contribution in [0.2, 0.25) is 5.02 Å². The molecule has 6 nitrogen and oxygen atoms in total. The maximum absolute atomic E-state index is 11.9. The van der Waals surface area contributed by atoms with Gasteiger partial charge in [-0.25, -0.2) is 4.68 Å². The number of esters is 1. The molecule has 0 aliphatic heterocycles. The van der Waals surface area contributed by atoms with E-state index in [1.807, 2.05) is 0 Å². The molecule has 1 aliphatic rings. The summed E-state index contributed by atoms with van der Waals surface area (Å²) in [5, 5.41) is 7.16. The van der Waals surface area contributed by atoms with E-state index in [2.05, 4.69) is 22.1 Å². The summed E-state index contributed by atoms with van der Waals surface area (Å²) in [6, 6.07) is 0.338. The van der Waals surface area contributed by atoms with Crippen molar-refractivity contribution in [2.75, 3.05) is 12.4 Å². The molecule has 1 heterocycles. The maximum atomic E-state index is 11.9. The Morgan fingerprint density at radius 1 is 1.63 bits per heavy atom. The maximum Gasteiger partial charge on any atom is 0.327 e. The van der Waals surface area contributed by atoms with E-state index in [0.29, 0.717) is 17.6 Å². The van der Waals surface area contributed by atoms with Gasteiger partial charge in [0.1, 0.15) is 11.6 Å². The van der Waals surface area contributed by atoms with Crippen molar-refractivity contribution in [2.45, 2.75) is 32.4 Å². The molecule has 1 aromatic rings. The molecule has 1 aliphatic carbocycles. The van der Waals surface area contributed by atoms with E-state index >= 15 is 0 Å². The zero-order valence-corrected chi connectivity index (χ0v) is 11.6. The van der Waals surface area contributed by atoms with Crippen LogP contribution in [0.15, 0.2) is 11.0 Å². The third-order valence-electron chi connectivity index (χ3n) is 3.22. The van der Waals surface area contributed by atoms with Crippen LogP contribution in [0.5, 0.6) is 0 Å². The van der Waals surface area contributed by atoms with Gasteiger partial charge in [-0.3, -0.25) is 9.59 Å². The highest BCUT2D eigenvalue weighted by atomic mass is 35.5. The highest BCUT2D eigenvalue weighted by Crippen LogP contribution is 2.30. The molecule has 0 radical (unpaired) electrons. The lowest BCUT2D eigenvalue weighted by Gasteiger charge is -2.34. The van der Waals surface area contributed by atoms with Crippen LogP contribution in [0.4, 0.5) is 5.69 Å². The topological polar surface area (TPSA) is 73.2 Å². The van der Waals surface area contributed by atoms with E-state index in [1.54, 1.807) is 0 Å². The number of anilines is 1. The number of nitrogens with one attached hydrogen (secondary N) is 1. The average Bonchev–Trinajstić information content (AvgIpc) is 2.36. The Labute approximate surface area is 115 Å². The molecule has 0 bridgehead atoms. The summed E-state index contributed by atoms with van der Waals surface area (Å²) < 4.78 is 5.47. The monoisotopic (exact) mass is 285 g/mol. The smallest absolute Gasteiger partial charge is 0.327 e. The first-order valence-corrected chi connectivity index (χ1v) is 6.48. The highest BCUT2D eigenvalue weighted by molar-refractivity contribution is 6.32. The van der Waals surface area contributed by atoms with Crippen molar-refractivity contribution in [1.29, 1.82) is 0 Å². The van der Waals surface area contributed by atoms with Crippen LogP contribution in [0, 0.1) is 5.92 Å².